The second-order valence-corrected chi connectivity index (χ2v) is 6.08. The lowest BCUT2D eigenvalue weighted by Crippen LogP contribution is -2.19. The van der Waals surface area contributed by atoms with Crippen molar-refractivity contribution in [3.8, 4) is 5.82 Å². The Hall–Kier alpha value is -1.27. The third-order valence-electron chi connectivity index (χ3n) is 2.97. The van der Waals surface area contributed by atoms with Gasteiger partial charge in [-0.25, -0.2) is 9.67 Å². The Balaban J connectivity index is 2.10. The zero-order chi connectivity index (χ0) is 14.7. The van der Waals surface area contributed by atoms with E-state index in [4.69, 9.17) is 0 Å². The Morgan fingerprint density at radius 1 is 1.25 bits per heavy atom. The van der Waals surface area contributed by atoms with Gasteiger partial charge in [0.25, 0.3) is 0 Å². The summed E-state index contributed by atoms with van der Waals surface area (Å²) in [6.07, 6.45) is 3.56. The topological polar surface area (TPSA) is 55.6 Å². The average molecular weight is 338 g/mol. The minimum Gasteiger partial charge on any atom is -0.311 e. The van der Waals surface area contributed by atoms with E-state index >= 15 is 0 Å². The molecule has 0 aliphatic heterocycles. The first-order valence-electron chi connectivity index (χ1n) is 6.72. The number of nitrogens with one attached hydrogen (secondary N) is 1. The first-order chi connectivity index (χ1) is 9.49. The molecule has 5 nitrogen and oxygen atoms in total. The van der Waals surface area contributed by atoms with Gasteiger partial charge in [0.15, 0.2) is 5.82 Å². The molecule has 2 aromatic heterocycles. The van der Waals surface area contributed by atoms with Gasteiger partial charge in [0.05, 0.1) is 33.9 Å². The largest absolute Gasteiger partial charge is 0.311 e. The molecule has 20 heavy (non-hydrogen) atoms. The van der Waals surface area contributed by atoms with Gasteiger partial charge in [-0.2, -0.15) is 5.10 Å². The average Bonchev–Trinajstić information content (AvgIpc) is 2.67. The number of aryl methyl sites for hydroxylation is 1. The summed E-state index contributed by atoms with van der Waals surface area (Å²) in [7, 11) is 0. The summed E-state index contributed by atoms with van der Waals surface area (Å²) >= 11 is 3.52. The second-order valence-electron chi connectivity index (χ2n) is 5.29. The molecule has 0 aliphatic rings. The van der Waals surface area contributed by atoms with Crippen LogP contribution in [0, 0.1) is 19.8 Å². The second kappa shape index (κ2) is 6.45. The van der Waals surface area contributed by atoms with Crippen LogP contribution in [-0.2, 0) is 6.54 Å². The Morgan fingerprint density at radius 3 is 2.50 bits per heavy atom. The summed E-state index contributed by atoms with van der Waals surface area (Å²) in [5, 5.41) is 7.80. The molecule has 2 rings (SSSR count). The fourth-order valence-corrected chi connectivity index (χ4v) is 2.13. The number of hydrogen-bond acceptors (Lipinski definition) is 4. The fourth-order valence-electron chi connectivity index (χ4n) is 1.88. The van der Waals surface area contributed by atoms with Crippen molar-refractivity contribution < 1.29 is 0 Å². The lowest BCUT2D eigenvalue weighted by molar-refractivity contribution is 0.547. The first-order valence-corrected chi connectivity index (χ1v) is 7.52. The number of hydrogen-bond donors (Lipinski definition) is 1. The minimum atomic E-state index is 0.634. The van der Waals surface area contributed by atoms with Gasteiger partial charge in [-0.3, -0.25) is 4.98 Å². The van der Waals surface area contributed by atoms with Crippen LogP contribution in [0.2, 0.25) is 0 Å². The quantitative estimate of drug-likeness (QED) is 0.911. The van der Waals surface area contributed by atoms with E-state index in [-0.39, 0.29) is 0 Å². The van der Waals surface area contributed by atoms with E-state index in [0.29, 0.717) is 5.92 Å². The highest BCUT2D eigenvalue weighted by atomic mass is 79.9. The van der Waals surface area contributed by atoms with Gasteiger partial charge in [0.2, 0.25) is 0 Å². The highest BCUT2D eigenvalue weighted by molar-refractivity contribution is 9.10. The molecule has 2 heterocycles. The predicted molar refractivity (Wildman–Crippen MR) is 82.9 cm³/mol. The monoisotopic (exact) mass is 337 g/mol. The molecule has 0 fully saturated rings. The van der Waals surface area contributed by atoms with Crippen LogP contribution in [0.25, 0.3) is 5.82 Å². The maximum Gasteiger partial charge on any atom is 0.172 e. The molecular formula is C14H20BrN5. The van der Waals surface area contributed by atoms with Gasteiger partial charge in [0, 0.05) is 6.54 Å². The Labute approximate surface area is 128 Å². The Bertz CT molecular complexity index is 574. The number of nitrogens with zero attached hydrogens (tertiary/aromatic N) is 4. The normalized spacial score (nSPS) is 11.3. The number of aromatic nitrogens is 4. The van der Waals surface area contributed by atoms with E-state index in [9.17, 15) is 0 Å². The van der Waals surface area contributed by atoms with Crippen molar-refractivity contribution >= 4 is 15.9 Å². The van der Waals surface area contributed by atoms with Crippen molar-refractivity contribution in [3.63, 3.8) is 0 Å². The van der Waals surface area contributed by atoms with Crippen LogP contribution in [0.1, 0.15) is 30.9 Å². The Kier molecular flexibility index (Phi) is 4.88. The lowest BCUT2D eigenvalue weighted by atomic mass is 10.2. The molecule has 0 unspecified atom stereocenters. The van der Waals surface area contributed by atoms with E-state index in [2.05, 4.69) is 50.2 Å². The van der Waals surface area contributed by atoms with E-state index in [1.807, 2.05) is 13.8 Å². The van der Waals surface area contributed by atoms with Crippen molar-refractivity contribution in [1.82, 2.24) is 25.1 Å². The molecule has 0 saturated heterocycles. The molecule has 0 aromatic carbocycles. The van der Waals surface area contributed by atoms with Gasteiger partial charge in [-0.05, 0) is 42.2 Å². The van der Waals surface area contributed by atoms with Crippen molar-refractivity contribution in [3.05, 3.63) is 33.9 Å². The third kappa shape index (κ3) is 3.43. The van der Waals surface area contributed by atoms with Gasteiger partial charge in [-0.1, -0.05) is 13.8 Å². The van der Waals surface area contributed by atoms with E-state index in [0.717, 1.165) is 40.5 Å². The van der Waals surface area contributed by atoms with E-state index < -0.39 is 0 Å². The summed E-state index contributed by atoms with van der Waals surface area (Å²) in [5.74, 6) is 1.37. The van der Waals surface area contributed by atoms with Crippen LogP contribution < -0.4 is 5.32 Å². The SMILES string of the molecule is Cc1nn(-c2cnc(CNCC(C)C)cn2)c(C)c1Br. The van der Waals surface area contributed by atoms with Gasteiger partial charge in [0.1, 0.15) is 0 Å². The van der Waals surface area contributed by atoms with Gasteiger partial charge >= 0.3 is 0 Å². The van der Waals surface area contributed by atoms with Crippen LogP contribution >= 0.6 is 15.9 Å². The highest BCUT2D eigenvalue weighted by Gasteiger charge is 2.11. The minimum absolute atomic E-state index is 0.634. The highest BCUT2D eigenvalue weighted by Crippen LogP contribution is 2.21. The first kappa shape index (κ1) is 15.1. The zero-order valence-electron chi connectivity index (χ0n) is 12.3. The molecule has 0 aliphatic carbocycles. The summed E-state index contributed by atoms with van der Waals surface area (Å²) in [6.45, 7) is 10.1. The van der Waals surface area contributed by atoms with Crippen LogP contribution in [0.15, 0.2) is 16.9 Å². The summed E-state index contributed by atoms with van der Waals surface area (Å²) < 4.78 is 2.82. The smallest absolute Gasteiger partial charge is 0.172 e. The molecular weight excluding hydrogens is 318 g/mol. The maximum absolute atomic E-state index is 4.45. The van der Waals surface area contributed by atoms with Crippen LogP contribution in [0.5, 0.6) is 0 Å². The van der Waals surface area contributed by atoms with Crippen LogP contribution in [-0.4, -0.2) is 26.3 Å². The van der Waals surface area contributed by atoms with Gasteiger partial charge < -0.3 is 5.32 Å². The van der Waals surface area contributed by atoms with E-state index in [1.54, 1.807) is 17.1 Å². The summed E-state index contributed by atoms with van der Waals surface area (Å²) in [6, 6.07) is 0. The van der Waals surface area contributed by atoms with Crippen LogP contribution in [0.3, 0.4) is 0 Å². The van der Waals surface area contributed by atoms with Gasteiger partial charge in [-0.15, -0.1) is 0 Å². The molecule has 0 spiro atoms. The molecule has 0 radical (unpaired) electrons. The lowest BCUT2D eigenvalue weighted by Gasteiger charge is -2.07. The molecule has 0 atom stereocenters. The van der Waals surface area contributed by atoms with Crippen molar-refractivity contribution in [2.24, 2.45) is 5.92 Å². The Morgan fingerprint density at radius 2 is 2.00 bits per heavy atom. The third-order valence-corrected chi connectivity index (χ3v) is 4.12. The molecule has 108 valence electrons. The molecule has 0 bridgehead atoms. The van der Waals surface area contributed by atoms with Crippen LogP contribution in [0.4, 0.5) is 0 Å². The number of rotatable bonds is 5. The maximum atomic E-state index is 4.45. The standard InChI is InChI=1S/C14H20BrN5/c1-9(2)5-16-6-12-7-18-13(8-17-12)20-11(4)14(15)10(3)19-20/h7-9,16H,5-6H2,1-4H3. The van der Waals surface area contributed by atoms with Crippen molar-refractivity contribution in [2.45, 2.75) is 34.2 Å². The zero-order valence-corrected chi connectivity index (χ0v) is 13.9. The molecule has 6 heteroatoms. The molecule has 2 aromatic rings. The predicted octanol–water partition coefficient (Wildman–Crippen LogP) is 2.79. The number of halogens is 1. The van der Waals surface area contributed by atoms with Crippen molar-refractivity contribution in [2.75, 3.05) is 6.54 Å². The van der Waals surface area contributed by atoms with Crippen molar-refractivity contribution in [1.29, 1.82) is 0 Å². The molecule has 0 saturated carbocycles. The molecule has 0 amide bonds. The summed E-state index contributed by atoms with van der Waals surface area (Å²) in [5.41, 5.74) is 2.92. The summed E-state index contributed by atoms with van der Waals surface area (Å²) in [4.78, 5) is 8.87. The van der Waals surface area contributed by atoms with E-state index in [1.165, 1.54) is 0 Å². The molecule has 1 N–H and O–H groups in total. The fraction of sp³-hybridized carbons (Fsp3) is 0.500.